The summed E-state index contributed by atoms with van der Waals surface area (Å²) in [5, 5.41) is 21.5. The number of rotatable bonds is 9. The summed E-state index contributed by atoms with van der Waals surface area (Å²) in [6.07, 6.45) is 10.6. The van der Waals surface area contributed by atoms with Crippen LogP contribution >= 0.6 is 0 Å². The fourth-order valence-electron chi connectivity index (χ4n) is 8.42. The number of ether oxygens (including phenoxy) is 1. The Balaban J connectivity index is 1.76. The van der Waals surface area contributed by atoms with Crippen molar-refractivity contribution in [1.29, 1.82) is 5.26 Å². The fraction of sp³-hybridized carbons (Fsp3) is 0.846. The second-order valence-corrected chi connectivity index (χ2v) is 11.0. The van der Waals surface area contributed by atoms with Crippen LogP contribution in [0.5, 0.6) is 0 Å². The summed E-state index contributed by atoms with van der Waals surface area (Å²) >= 11 is 0. The molecule has 7 atom stereocenters. The van der Waals surface area contributed by atoms with E-state index in [-0.39, 0.29) is 17.8 Å². The minimum atomic E-state index is -1.08. The first-order valence-electron chi connectivity index (χ1n) is 12.3. The molecule has 4 nitrogen and oxygen atoms in total. The van der Waals surface area contributed by atoms with Crippen LogP contribution in [0.3, 0.4) is 0 Å². The molecule has 166 valence electrons. The quantitative estimate of drug-likeness (QED) is 0.381. The van der Waals surface area contributed by atoms with Crippen molar-refractivity contribution in [2.75, 3.05) is 13.2 Å². The van der Waals surface area contributed by atoms with E-state index in [1.54, 1.807) is 0 Å². The molecule has 5 unspecified atom stereocenters. The van der Waals surface area contributed by atoms with Crippen LogP contribution in [0.2, 0.25) is 0 Å². The van der Waals surface area contributed by atoms with Crippen LogP contribution in [0.25, 0.3) is 0 Å². The largest absolute Gasteiger partial charge is 0.481 e. The molecule has 0 saturated heterocycles. The van der Waals surface area contributed by atoms with Gasteiger partial charge in [0.1, 0.15) is 5.41 Å². The van der Waals surface area contributed by atoms with E-state index >= 15 is 0 Å². The smallest absolute Gasteiger partial charge is 0.316 e. The highest BCUT2D eigenvalue weighted by Gasteiger charge is 2.84. The van der Waals surface area contributed by atoms with E-state index in [4.69, 9.17) is 4.74 Å². The lowest BCUT2D eigenvalue weighted by Crippen LogP contribution is -2.62. The van der Waals surface area contributed by atoms with E-state index in [0.717, 1.165) is 37.7 Å². The number of carbonyl (C=O) groups is 1. The van der Waals surface area contributed by atoms with Crippen LogP contribution in [0.15, 0.2) is 11.6 Å². The third-order valence-corrected chi connectivity index (χ3v) is 9.54. The predicted molar refractivity (Wildman–Crippen MR) is 117 cm³/mol. The van der Waals surface area contributed by atoms with E-state index in [9.17, 15) is 15.2 Å². The zero-order chi connectivity index (χ0) is 21.7. The summed E-state index contributed by atoms with van der Waals surface area (Å²) in [4.78, 5) is 13.3. The van der Waals surface area contributed by atoms with Crippen LogP contribution in [0.4, 0.5) is 0 Å². The Morgan fingerprint density at radius 2 is 2.07 bits per heavy atom. The molecule has 1 N–H and O–H groups in total. The second-order valence-electron chi connectivity index (χ2n) is 11.0. The number of hydrogen-bond donors (Lipinski definition) is 1. The maximum atomic E-state index is 13.3. The van der Waals surface area contributed by atoms with E-state index in [2.05, 4.69) is 39.8 Å². The van der Waals surface area contributed by atoms with Crippen molar-refractivity contribution in [3.8, 4) is 6.07 Å². The highest BCUT2D eigenvalue weighted by molar-refractivity contribution is 5.85. The number of allylic oxidation sites excluding steroid dienone is 1. The highest BCUT2D eigenvalue weighted by atomic mass is 16.5. The maximum Gasteiger partial charge on any atom is 0.316 e. The third-order valence-electron chi connectivity index (χ3n) is 9.54. The number of unbranched alkanes of at least 4 members (excludes halogenated alkanes) is 3. The maximum absolute atomic E-state index is 13.3. The molecule has 4 aliphatic carbocycles. The van der Waals surface area contributed by atoms with Gasteiger partial charge in [0.25, 0.3) is 0 Å². The SMILES string of the molecule is CCCCCCOC[C@]12CC3C(C)CCC3[C@@]3(C#N)CC1C=C(C(C)C)C23C(=O)O. The molecule has 0 aromatic carbocycles. The fourth-order valence-corrected chi connectivity index (χ4v) is 8.42. The molecule has 4 aliphatic rings. The van der Waals surface area contributed by atoms with Crippen molar-refractivity contribution < 1.29 is 14.6 Å². The van der Waals surface area contributed by atoms with Crippen LogP contribution in [0.1, 0.15) is 79.1 Å². The number of carboxylic acid groups (broad SMARTS) is 1. The monoisotopic (exact) mass is 413 g/mol. The van der Waals surface area contributed by atoms with Crippen LogP contribution < -0.4 is 0 Å². The molecule has 0 spiro atoms. The first-order chi connectivity index (χ1) is 14.3. The summed E-state index contributed by atoms with van der Waals surface area (Å²) < 4.78 is 6.29. The van der Waals surface area contributed by atoms with Gasteiger partial charge in [0.05, 0.1) is 18.1 Å². The molecule has 0 amide bonds. The standard InChI is InChI=1S/C26H39NO3/c1-5-6-7-8-11-30-16-25-14-20-18(4)9-10-21(20)24(15-27)13-19(25)12-22(17(2)3)26(24,25)23(28)29/h12,17-21H,5-11,13-14,16H2,1-4H3,(H,28,29)/t18?,19?,20?,21?,24-,25+,26?/m0/s1. The molecule has 4 heteroatoms. The molecule has 0 aromatic heterocycles. The zero-order valence-electron chi connectivity index (χ0n) is 19.2. The summed E-state index contributed by atoms with van der Waals surface area (Å²) in [6, 6.07) is 2.71. The Hall–Kier alpha value is -1.34. The van der Waals surface area contributed by atoms with Gasteiger partial charge in [-0.15, -0.1) is 0 Å². The normalized spacial score (nSPS) is 43.5. The lowest BCUT2D eigenvalue weighted by molar-refractivity contribution is -0.179. The molecule has 0 aliphatic heterocycles. The minimum Gasteiger partial charge on any atom is -0.481 e. The average Bonchev–Trinajstić information content (AvgIpc) is 3.27. The Bertz CT molecular complexity index is 767. The van der Waals surface area contributed by atoms with Gasteiger partial charge in [-0.3, -0.25) is 4.79 Å². The zero-order valence-corrected chi connectivity index (χ0v) is 19.2. The first kappa shape index (κ1) is 21.9. The van der Waals surface area contributed by atoms with Gasteiger partial charge in [0.2, 0.25) is 0 Å². The molecule has 4 rings (SSSR count). The van der Waals surface area contributed by atoms with Crippen molar-refractivity contribution in [3.05, 3.63) is 11.6 Å². The van der Waals surface area contributed by atoms with Crippen molar-refractivity contribution in [2.45, 2.75) is 79.1 Å². The molecule has 0 aromatic rings. The Morgan fingerprint density at radius 3 is 2.70 bits per heavy atom. The number of nitrogens with zero attached hydrogens (tertiary/aromatic N) is 1. The Morgan fingerprint density at radius 1 is 1.30 bits per heavy atom. The van der Waals surface area contributed by atoms with Gasteiger partial charge in [-0.2, -0.15) is 5.26 Å². The van der Waals surface area contributed by atoms with Crippen molar-refractivity contribution in [2.24, 2.45) is 45.8 Å². The first-order valence-corrected chi connectivity index (χ1v) is 12.3. The van der Waals surface area contributed by atoms with Gasteiger partial charge in [0, 0.05) is 12.0 Å². The number of fused-ring (bicyclic) bond motifs is 2. The predicted octanol–water partition coefficient (Wildman–Crippen LogP) is 5.83. The van der Waals surface area contributed by atoms with Gasteiger partial charge in [0.15, 0.2) is 0 Å². The second kappa shape index (κ2) is 7.66. The minimum absolute atomic E-state index is 0.137. The topological polar surface area (TPSA) is 70.3 Å². The van der Waals surface area contributed by atoms with Crippen molar-refractivity contribution in [1.82, 2.24) is 0 Å². The summed E-state index contributed by atoms with van der Waals surface area (Å²) in [7, 11) is 0. The van der Waals surface area contributed by atoms with Gasteiger partial charge in [-0.25, -0.2) is 0 Å². The van der Waals surface area contributed by atoms with Gasteiger partial charge in [-0.05, 0) is 55.3 Å². The molecule has 0 radical (unpaired) electrons. The van der Waals surface area contributed by atoms with Gasteiger partial charge < -0.3 is 9.84 Å². The van der Waals surface area contributed by atoms with Crippen LogP contribution in [0, 0.1) is 57.2 Å². The van der Waals surface area contributed by atoms with Crippen LogP contribution in [-0.4, -0.2) is 24.3 Å². The molecule has 3 saturated carbocycles. The van der Waals surface area contributed by atoms with Gasteiger partial charge in [-0.1, -0.05) is 65.0 Å². The number of hydrogen-bond acceptors (Lipinski definition) is 3. The molecular weight excluding hydrogens is 374 g/mol. The molecule has 3 fully saturated rings. The molecule has 0 heterocycles. The highest BCUT2D eigenvalue weighted by Crippen LogP contribution is 2.83. The third kappa shape index (κ3) is 2.51. The molecule has 4 bridgehead atoms. The van der Waals surface area contributed by atoms with E-state index in [1.807, 2.05) is 0 Å². The number of carboxylic acids is 1. The number of nitriles is 1. The lowest BCUT2D eigenvalue weighted by atomic mass is 9.43. The summed E-state index contributed by atoms with van der Waals surface area (Å²) in [6.45, 7) is 9.91. The van der Waals surface area contributed by atoms with E-state index < -0.39 is 22.2 Å². The summed E-state index contributed by atoms with van der Waals surface area (Å²) in [5.74, 6) is 0.747. The lowest BCUT2D eigenvalue weighted by Gasteiger charge is -2.57. The van der Waals surface area contributed by atoms with Crippen molar-refractivity contribution >= 4 is 5.97 Å². The van der Waals surface area contributed by atoms with Crippen LogP contribution in [-0.2, 0) is 9.53 Å². The van der Waals surface area contributed by atoms with E-state index in [1.165, 1.54) is 12.8 Å². The van der Waals surface area contributed by atoms with E-state index in [0.29, 0.717) is 31.5 Å². The van der Waals surface area contributed by atoms with Gasteiger partial charge >= 0.3 is 5.97 Å². The Kier molecular flexibility index (Phi) is 5.59. The van der Waals surface area contributed by atoms with Crippen molar-refractivity contribution in [3.63, 3.8) is 0 Å². The molecule has 30 heavy (non-hydrogen) atoms. The average molecular weight is 414 g/mol. The number of aliphatic carboxylic acids is 1. The summed E-state index contributed by atoms with van der Waals surface area (Å²) in [5.41, 5.74) is -1.31. The Labute approximate surface area is 182 Å². The molecular formula is C26H39NO3.